The topological polar surface area (TPSA) is 48.3 Å². The van der Waals surface area contributed by atoms with Gasteiger partial charge in [0, 0.05) is 31.9 Å². The molecule has 0 amide bonds. The molecule has 0 radical (unpaired) electrons. The highest BCUT2D eigenvalue weighted by Gasteiger charge is 2.17. The van der Waals surface area contributed by atoms with Crippen LogP contribution in [-0.2, 0) is 6.54 Å². The number of fused-ring (bicyclic) bond motifs is 1. The van der Waals surface area contributed by atoms with Gasteiger partial charge in [0.25, 0.3) is 0 Å². The molecule has 112 valence electrons. The van der Waals surface area contributed by atoms with Gasteiger partial charge in [-0.25, -0.2) is 4.98 Å². The molecule has 1 unspecified atom stereocenters. The lowest BCUT2D eigenvalue weighted by atomic mass is 10.2. The van der Waals surface area contributed by atoms with E-state index in [0.717, 1.165) is 44.0 Å². The van der Waals surface area contributed by atoms with Crippen LogP contribution in [0.15, 0.2) is 43.0 Å². The minimum absolute atomic E-state index is 0.168. The van der Waals surface area contributed by atoms with Gasteiger partial charge in [-0.05, 0) is 25.1 Å². The van der Waals surface area contributed by atoms with Crippen LogP contribution in [0.4, 0.5) is 0 Å². The van der Waals surface area contributed by atoms with Crippen LogP contribution in [0, 0.1) is 0 Å². The van der Waals surface area contributed by atoms with Crippen molar-refractivity contribution in [3.63, 3.8) is 0 Å². The SMILES string of the molecule is c1ccc2c(c1)OCCC(CNCCCn1ccnc1)O2. The number of hydrogen-bond donors (Lipinski definition) is 1. The number of aromatic nitrogens is 2. The van der Waals surface area contributed by atoms with Crippen LogP contribution in [-0.4, -0.2) is 35.4 Å². The summed E-state index contributed by atoms with van der Waals surface area (Å²) in [5.74, 6) is 1.69. The Labute approximate surface area is 124 Å². The van der Waals surface area contributed by atoms with Gasteiger partial charge in [0.2, 0.25) is 0 Å². The average Bonchev–Trinajstić information content (AvgIpc) is 2.93. The Morgan fingerprint density at radius 2 is 2.19 bits per heavy atom. The molecule has 1 N–H and O–H groups in total. The lowest BCUT2D eigenvalue weighted by Gasteiger charge is -2.16. The van der Waals surface area contributed by atoms with Gasteiger partial charge in [-0.1, -0.05) is 12.1 Å². The van der Waals surface area contributed by atoms with Gasteiger partial charge >= 0.3 is 0 Å². The van der Waals surface area contributed by atoms with E-state index in [9.17, 15) is 0 Å². The number of imidazole rings is 1. The van der Waals surface area contributed by atoms with Crippen LogP contribution < -0.4 is 14.8 Å². The summed E-state index contributed by atoms with van der Waals surface area (Å²) in [4.78, 5) is 4.03. The van der Waals surface area contributed by atoms with Crippen molar-refractivity contribution in [1.29, 1.82) is 0 Å². The molecule has 3 rings (SSSR count). The van der Waals surface area contributed by atoms with E-state index in [4.69, 9.17) is 9.47 Å². The van der Waals surface area contributed by atoms with Crippen LogP contribution in [0.1, 0.15) is 12.8 Å². The Morgan fingerprint density at radius 1 is 1.29 bits per heavy atom. The molecular weight excluding hydrogens is 266 g/mol. The van der Waals surface area contributed by atoms with Gasteiger partial charge in [0.1, 0.15) is 6.10 Å². The van der Waals surface area contributed by atoms with Crippen molar-refractivity contribution in [3.05, 3.63) is 43.0 Å². The van der Waals surface area contributed by atoms with Crippen molar-refractivity contribution in [3.8, 4) is 11.5 Å². The second kappa shape index (κ2) is 7.13. The van der Waals surface area contributed by atoms with E-state index < -0.39 is 0 Å². The van der Waals surface area contributed by atoms with E-state index in [1.165, 1.54) is 0 Å². The Kier molecular flexibility index (Phi) is 4.74. The molecule has 21 heavy (non-hydrogen) atoms. The minimum atomic E-state index is 0.168. The smallest absolute Gasteiger partial charge is 0.161 e. The van der Waals surface area contributed by atoms with Gasteiger partial charge in [0.15, 0.2) is 11.5 Å². The van der Waals surface area contributed by atoms with Gasteiger partial charge in [-0.15, -0.1) is 0 Å². The normalized spacial score (nSPS) is 17.4. The molecular formula is C16H21N3O2. The Morgan fingerprint density at radius 3 is 3.05 bits per heavy atom. The monoisotopic (exact) mass is 287 g/mol. The summed E-state index contributed by atoms with van der Waals surface area (Å²) in [6.45, 7) is 3.52. The molecule has 0 fully saturated rings. The maximum Gasteiger partial charge on any atom is 0.161 e. The Balaban J connectivity index is 1.39. The molecule has 1 atom stereocenters. The second-order valence-electron chi connectivity index (χ2n) is 5.18. The zero-order valence-corrected chi connectivity index (χ0v) is 12.1. The molecule has 1 aromatic carbocycles. The number of rotatable bonds is 6. The van der Waals surface area contributed by atoms with Gasteiger partial charge < -0.3 is 19.4 Å². The number of benzene rings is 1. The first-order chi connectivity index (χ1) is 10.4. The summed E-state index contributed by atoms with van der Waals surface area (Å²) in [6.07, 6.45) is 7.80. The maximum absolute atomic E-state index is 6.01. The number of aryl methyl sites for hydroxylation is 1. The van der Waals surface area contributed by atoms with E-state index in [2.05, 4.69) is 14.9 Å². The Hall–Kier alpha value is -2.01. The van der Waals surface area contributed by atoms with Crippen molar-refractivity contribution in [2.24, 2.45) is 0 Å². The quantitative estimate of drug-likeness (QED) is 0.827. The summed E-state index contributed by atoms with van der Waals surface area (Å²) < 4.78 is 13.8. The first kappa shape index (κ1) is 13.9. The zero-order valence-electron chi connectivity index (χ0n) is 12.1. The van der Waals surface area contributed by atoms with Crippen LogP contribution in [0.25, 0.3) is 0 Å². The van der Waals surface area contributed by atoms with Crippen molar-refractivity contribution in [1.82, 2.24) is 14.9 Å². The molecule has 1 aromatic heterocycles. The largest absolute Gasteiger partial charge is 0.490 e. The number of nitrogens with zero attached hydrogens (tertiary/aromatic N) is 2. The molecule has 0 spiro atoms. The maximum atomic E-state index is 6.01. The highest BCUT2D eigenvalue weighted by molar-refractivity contribution is 5.40. The summed E-state index contributed by atoms with van der Waals surface area (Å²) in [7, 11) is 0. The van der Waals surface area contributed by atoms with Crippen LogP contribution in [0.2, 0.25) is 0 Å². The highest BCUT2D eigenvalue weighted by Crippen LogP contribution is 2.30. The lowest BCUT2D eigenvalue weighted by molar-refractivity contribution is 0.187. The van der Waals surface area contributed by atoms with E-state index in [-0.39, 0.29) is 6.10 Å². The molecule has 0 aliphatic carbocycles. The fourth-order valence-corrected chi connectivity index (χ4v) is 2.42. The first-order valence-corrected chi connectivity index (χ1v) is 7.47. The zero-order chi connectivity index (χ0) is 14.3. The van der Waals surface area contributed by atoms with Crippen LogP contribution in [0.5, 0.6) is 11.5 Å². The van der Waals surface area contributed by atoms with Gasteiger partial charge in [0.05, 0.1) is 12.9 Å². The molecule has 2 heterocycles. The molecule has 1 aliphatic heterocycles. The predicted molar refractivity (Wildman–Crippen MR) is 80.7 cm³/mol. The van der Waals surface area contributed by atoms with E-state index >= 15 is 0 Å². The number of ether oxygens (including phenoxy) is 2. The molecule has 5 nitrogen and oxygen atoms in total. The molecule has 0 bridgehead atoms. The van der Waals surface area contributed by atoms with Crippen molar-refractivity contribution >= 4 is 0 Å². The molecule has 1 aliphatic rings. The fraction of sp³-hybridized carbons (Fsp3) is 0.438. The lowest BCUT2D eigenvalue weighted by Crippen LogP contribution is -2.32. The van der Waals surface area contributed by atoms with Crippen molar-refractivity contribution < 1.29 is 9.47 Å². The summed E-state index contributed by atoms with van der Waals surface area (Å²) in [5, 5.41) is 3.46. The van der Waals surface area contributed by atoms with Gasteiger partial charge in [-0.3, -0.25) is 0 Å². The third-order valence-corrected chi connectivity index (χ3v) is 3.54. The molecule has 0 saturated carbocycles. The fourth-order valence-electron chi connectivity index (χ4n) is 2.42. The molecule has 2 aromatic rings. The number of para-hydroxylation sites is 2. The van der Waals surface area contributed by atoms with Crippen LogP contribution >= 0.6 is 0 Å². The molecule has 5 heteroatoms. The van der Waals surface area contributed by atoms with E-state index in [1.54, 1.807) is 0 Å². The Bertz CT molecular complexity index is 542. The minimum Gasteiger partial charge on any atom is -0.490 e. The standard InChI is InChI=1S/C16H21N3O2/c1-2-5-16-15(4-1)20-11-6-14(21-16)12-17-7-3-9-19-10-8-18-13-19/h1-2,4-5,8,10,13-14,17H,3,6-7,9,11-12H2. The summed E-state index contributed by atoms with van der Waals surface area (Å²) >= 11 is 0. The average molecular weight is 287 g/mol. The second-order valence-corrected chi connectivity index (χ2v) is 5.18. The summed E-state index contributed by atoms with van der Waals surface area (Å²) in [5.41, 5.74) is 0. The third kappa shape index (κ3) is 3.98. The van der Waals surface area contributed by atoms with Crippen molar-refractivity contribution in [2.75, 3.05) is 19.7 Å². The highest BCUT2D eigenvalue weighted by atomic mass is 16.5. The summed E-state index contributed by atoms with van der Waals surface area (Å²) in [6, 6.07) is 7.86. The molecule has 0 saturated heterocycles. The van der Waals surface area contributed by atoms with Crippen molar-refractivity contribution in [2.45, 2.75) is 25.5 Å². The number of hydrogen-bond acceptors (Lipinski definition) is 4. The van der Waals surface area contributed by atoms with Gasteiger partial charge in [-0.2, -0.15) is 0 Å². The number of nitrogens with one attached hydrogen (secondary N) is 1. The van der Waals surface area contributed by atoms with Crippen LogP contribution in [0.3, 0.4) is 0 Å². The first-order valence-electron chi connectivity index (χ1n) is 7.47. The predicted octanol–water partition coefficient (Wildman–Crippen LogP) is 2.09. The van der Waals surface area contributed by atoms with E-state index in [1.807, 2.05) is 43.0 Å². The third-order valence-electron chi connectivity index (χ3n) is 3.54. The van der Waals surface area contributed by atoms with E-state index in [0.29, 0.717) is 6.61 Å².